The van der Waals surface area contributed by atoms with Crippen molar-refractivity contribution in [2.45, 2.75) is 19.5 Å². The molecule has 4 aromatic heterocycles. The molecule has 0 fully saturated rings. The van der Waals surface area contributed by atoms with Gasteiger partial charge in [0.2, 0.25) is 0 Å². The van der Waals surface area contributed by atoms with Gasteiger partial charge in [0, 0.05) is 23.8 Å². The van der Waals surface area contributed by atoms with E-state index in [0.29, 0.717) is 6.54 Å². The topological polar surface area (TPSA) is 64.2 Å². The average Bonchev–Trinajstić information content (AvgIpc) is 3.18. The molecule has 1 N–H and O–H groups in total. The quantitative estimate of drug-likeness (QED) is 0.606. The van der Waals surface area contributed by atoms with Crippen molar-refractivity contribution in [2.24, 2.45) is 0 Å². The van der Waals surface area contributed by atoms with Crippen molar-refractivity contribution < 1.29 is 0 Å². The van der Waals surface area contributed by atoms with E-state index in [1.807, 2.05) is 35.0 Å². The van der Waals surface area contributed by atoms with E-state index in [0.717, 1.165) is 41.1 Å². The van der Waals surface area contributed by atoms with E-state index in [1.165, 1.54) is 10.4 Å². The van der Waals surface area contributed by atoms with Gasteiger partial charge in [-0.2, -0.15) is 0 Å². The largest absolute Gasteiger partial charge is 0.312 e. The predicted octanol–water partition coefficient (Wildman–Crippen LogP) is 1.80. The molecule has 0 spiro atoms. The molecule has 0 saturated carbocycles. The van der Waals surface area contributed by atoms with Crippen molar-refractivity contribution in [3.05, 3.63) is 63.4 Å². The van der Waals surface area contributed by atoms with Crippen molar-refractivity contribution in [1.82, 2.24) is 24.3 Å². The number of imidazole rings is 1. The van der Waals surface area contributed by atoms with Crippen molar-refractivity contribution in [3.8, 4) is 0 Å². The molecule has 0 bridgehead atoms. The molecule has 0 aliphatic carbocycles. The average molecular weight is 337 g/mol. The molecule has 5 rings (SSSR count). The van der Waals surface area contributed by atoms with Crippen LogP contribution in [-0.2, 0) is 19.5 Å². The van der Waals surface area contributed by atoms with Crippen LogP contribution in [0.3, 0.4) is 0 Å². The minimum atomic E-state index is 0.0384. The van der Waals surface area contributed by atoms with Gasteiger partial charge in [-0.3, -0.25) is 9.36 Å². The van der Waals surface area contributed by atoms with Crippen LogP contribution in [0.15, 0.2) is 41.7 Å². The first kappa shape index (κ1) is 13.9. The first-order valence-electron chi connectivity index (χ1n) is 7.92. The highest BCUT2D eigenvalue weighted by molar-refractivity contribution is 7.18. The molecule has 0 atom stereocenters. The Morgan fingerprint density at radius 1 is 1.33 bits per heavy atom. The van der Waals surface area contributed by atoms with Crippen LogP contribution in [0.1, 0.15) is 16.1 Å². The summed E-state index contributed by atoms with van der Waals surface area (Å²) in [4.78, 5) is 24.1. The van der Waals surface area contributed by atoms with Gasteiger partial charge in [-0.1, -0.05) is 6.07 Å². The zero-order valence-electron chi connectivity index (χ0n) is 12.9. The van der Waals surface area contributed by atoms with E-state index in [-0.39, 0.29) is 5.56 Å². The lowest BCUT2D eigenvalue weighted by molar-refractivity contribution is 0.656. The number of hydrogen-bond acceptors (Lipinski definition) is 5. The zero-order valence-corrected chi connectivity index (χ0v) is 13.7. The van der Waals surface area contributed by atoms with Gasteiger partial charge >= 0.3 is 0 Å². The van der Waals surface area contributed by atoms with Gasteiger partial charge in [-0.15, -0.1) is 11.3 Å². The van der Waals surface area contributed by atoms with Crippen LogP contribution in [0.5, 0.6) is 0 Å². The van der Waals surface area contributed by atoms with Gasteiger partial charge in [0.05, 0.1) is 24.0 Å². The smallest absolute Gasteiger partial charge is 0.262 e. The molecule has 0 aromatic carbocycles. The van der Waals surface area contributed by atoms with E-state index in [9.17, 15) is 4.79 Å². The molecule has 0 amide bonds. The van der Waals surface area contributed by atoms with Gasteiger partial charge in [-0.25, -0.2) is 9.97 Å². The fourth-order valence-electron chi connectivity index (χ4n) is 3.30. The predicted molar refractivity (Wildman–Crippen MR) is 93.6 cm³/mol. The van der Waals surface area contributed by atoms with E-state index >= 15 is 0 Å². The van der Waals surface area contributed by atoms with Crippen molar-refractivity contribution in [3.63, 3.8) is 0 Å². The van der Waals surface area contributed by atoms with Gasteiger partial charge < -0.3 is 9.72 Å². The van der Waals surface area contributed by atoms with Crippen LogP contribution < -0.4 is 10.9 Å². The highest BCUT2D eigenvalue weighted by Gasteiger charge is 2.19. The molecule has 4 aromatic rings. The zero-order chi connectivity index (χ0) is 16.1. The first-order chi connectivity index (χ1) is 11.8. The van der Waals surface area contributed by atoms with Crippen molar-refractivity contribution in [2.75, 3.05) is 6.54 Å². The highest BCUT2D eigenvalue weighted by atomic mass is 32.1. The fourth-order valence-corrected chi connectivity index (χ4v) is 4.45. The second-order valence-electron chi connectivity index (χ2n) is 5.99. The Labute approximate surface area is 141 Å². The van der Waals surface area contributed by atoms with Crippen molar-refractivity contribution in [1.29, 1.82) is 0 Å². The molecule has 0 radical (unpaired) electrons. The van der Waals surface area contributed by atoms with Crippen LogP contribution in [0.2, 0.25) is 0 Å². The van der Waals surface area contributed by atoms with Crippen LogP contribution in [-0.4, -0.2) is 25.5 Å². The molecular formula is C17H15N5OS. The minimum absolute atomic E-state index is 0.0384. The molecule has 0 unspecified atom stereocenters. The number of aromatic nitrogens is 4. The maximum Gasteiger partial charge on any atom is 0.262 e. The Hall–Kier alpha value is -2.51. The van der Waals surface area contributed by atoms with Gasteiger partial charge in [0.1, 0.15) is 10.5 Å². The summed E-state index contributed by atoms with van der Waals surface area (Å²) in [5.74, 6) is 0. The summed E-state index contributed by atoms with van der Waals surface area (Å²) in [5.41, 5.74) is 2.95. The van der Waals surface area contributed by atoms with Crippen LogP contribution in [0, 0.1) is 0 Å². The molecule has 7 heteroatoms. The Morgan fingerprint density at radius 3 is 3.21 bits per heavy atom. The maximum absolute atomic E-state index is 13.0. The number of thiophene rings is 1. The van der Waals surface area contributed by atoms with E-state index in [2.05, 4.69) is 15.3 Å². The van der Waals surface area contributed by atoms with Gasteiger partial charge in [0.25, 0.3) is 5.56 Å². The van der Waals surface area contributed by atoms with Gasteiger partial charge in [-0.05, 0) is 30.7 Å². The Morgan fingerprint density at radius 2 is 2.29 bits per heavy atom. The molecule has 5 heterocycles. The highest BCUT2D eigenvalue weighted by Crippen LogP contribution is 2.29. The van der Waals surface area contributed by atoms with Crippen LogP contribution in [0.25, 0.3) is 15.9 Å². The normalized spacial score (nSPS) is 14.3. The maximum atomic E-state index is 13.0. The molecular weight excluding hydrogens is 322 g/mol. The van der Waals surface area contributed by atoms with E-state index in [4.69, 9.17) is 0 Å². The van der Waals surface area contributed by atoms with Gasteiger partial charge in [0.15, 0.2) is 0 Å². The summed E-state index contributed by atoms with van der Waals surface area (Å²) in [6.45, 7) is 2.19. The van der Waals surface area contributed by atoms with Crippen molar-refractivity contribution >= 4 is 27.2 Å². The number of hydrogen-bond donors (Lipinski definition) is 1. The Kier molecular flexibility index (Phi) is 3.04. The van der Waals surface area contributed by atoms with Crippen LogP contribution in [0.4, 0.5) is 0 Å². The lowest BCUT2D eigenvalue weighted by Crippen LogP contribution is -2.25. The lowest BCUT2D eigenvalue weighted by Gasteiger charge is -2.12. The molecule has 6 nitrogen and oxygen atoms in total. The lowest BCUT2D eigenvalue weighted by atomic mass is 10.1. The number of nitrogens with one attached hydrogen (secondary N) is 1. The molecule has 1 aliphatic heterocycles. The number of rotatable bonds is 2. The molecule has 0 saturated heterocycles. The van der Waals surface area contributed by atoms with E-state index < -0.39 is 0 Å². The van der Waals surface area contributed by atoms with E-state index in [1.54, 1.807) is 22.2 Å². The molecule has 24 heavy (non-hydrogen) atoms. The fraction of sp³-hybridized carbons (Fsp3) is 0.235. The third-order valence-electron chi connectivity index (χ3n) is 4.44. The SMILES string of the molecule is O=c1c2c3c(sc2ncn1Cc1cn2ccccc2n1)CNCC3. The second-order valence-corrected chi connectivity index (χ2v) is 7.07. The van der Waals surface area contributed by atoms with Crippen LogP contribution >= 0.6 is 11.3 Å². The number of nitrogens with zero attached hydrogens (tertiary/aromatic N) is 4. The second kappa shape index (κ2) is 5.25. The minimum Gasteiger partial charge on any atom is -0.312 e. The number of fused-ring (bicyclic) bond motifs is 4. The summed E-state index contributed by atoms with van der Waals surface area (Å²) < 4.78 is 3.63. The Balaban J connectivity index is 1.61. The Bertz CT molecular complexity index is 1090. The third kappa shape index (κ3) is 2.09. The number of pyridine rings is 1. The summed E-state index contributed by atoms with van der Waals surface area (Å²) in [5, 5.41) is 4.15. The summed E-state index contributed by atoms with van der Waals surface area (Å²) >= 11 is 1.63. The monoisotopic (exact) mass is 337 g/mol. The summed E-state index contributed by atoms with van der Waals surface area (Å²) in [6, 6.07) is 5.87. The molecule has 1 aliphatic rings. The summed E-state index contributed by atoms with van der Waals surface area (Å²) in [6.07, 6.45) is 6.45. The third-order valence-corrected chi connectivity index (χ3v) is 5.58. The summed E-state index contributed by atoms with van der Waals surface area (Å²) in [7, 11) is 0. The molecule has 120 valence electrons. The standard InChI is InChI=1S/C17H15N5OS/c23-17-15-12-4-5-18-7-13(12)24-16(15)19-10-22(17)9-11-8-21-6-2-1-3-14(21)20-11/h1-3,6,8,10,18H,4-5,7,9H2. The first-order valence-corrected chi connectivity index (χ1v) is 8.74.